The molecule has 1 aromatic heterocycles. The average Bonchev–Trinajstić information content (AvgIpc) is 2.33. The number of hydrazine groups is 1. The van der Waals surface area contributed by atoms with Gasteiger partial charge in [-0.15, -0.1) is 0 Å². The Morgan fingerprint density at radius 3 is 2.82 bits per heavy atom. The summed E-state index contributed by atoms with van der Waals surface area (Å²) in [7, 11) is 2.09. The quantitative estimate of drug-likeness (QED) is 0.793. The van der Waals surface area contributed by atoms with Crippen LogP contribution in [0.15, 0.2) is 24.5 Å². The Labute approximate surface area is 101 Å². The first kappa shape index (κ1) is 12.0. The molecule has 0 saturated carbocycles. The van der Waals surface area contributed by atoms with Crippen LogP contribution in [-0.4, -0.2) is 54.0 Å². The fourth-order valence-electron chi connectivity index (χ4n) is 1.82. The Balaban J connectivity index is 1.78. The average molecular weight is 234 g/mol. The second-order valence-electron chi connectivity index (χ2n) is 4.36. The van der Waals surface area contributed by atoms with Gasteiger partial charge in [-0.1, -0.05) is 6.07 Å². The smallest absolute Gasteiger partial charge is 0.238 e. The molecule has 5 nitrogen and oxygen atoms in total. The molecule has 0 aliphatic carbocycles. The van der Waals surface area contributed by atoms with Crippen molar-refractivity contribution in [2.75, 3.05) is 33.2 Å². The summed E-state index contributed by atoms with van der Waals surface area (Å²) in [4.78, 5) is 18.0. The Bertz CT molecular complexity index is 360. The summed E-state index contributed by atoms with van der Waals surface area (Å²) in [5.74, 6) is 0.0301. The minimum absolute atomic E-state index is 0.0301. The summed E-state index contributed by atoms with van der Waals surface area (Å²) in [6, 6.07) is 3.76. The molecule has 1 aliphatic rings. The highest BCUT2D eigenvalue weighted by Gasteiger charge is 2.15. The van der Waals surface area contributed by atoms with Crippen LogP contribution in [0.5, 0.6) is 0 Å². The zero-order valence-electron chi connectivity index (χ0n) is 10.1. The molecule has 0 unspecified atom stereocenters. The lowest BCUT2D eigenvalue weighted by atomic mass is 10.2. The molecule has 1 aliphatic heterocycles. The van der Waals surface area contributed by atoms with Gasteiger partial charge in [-0.3, -0.25) is 15.2 Å². The first-order valence-corrected chi connectivity index (χ1v) is 5.86. The van der Waals surface area contributed by atoms with E-state index >= 15 is 0 Å². The maximum Gasteiger partial charge on any atom is 0.238 e. The molecule has 1 saturated heterocycles. The number of carbonyl (C=O) groups excluding carboxylic acids is 1. The maximum atomic E-state index is 11.8. The summed E-state index contributed by atoms with van der Waals surface area (Å²) in [6.45, 7) is 3.75. The van der Waals surface area contributed by atoms with Crippen LogP contribution >= 0.6 is 0 Å². The number of rotatable bonds is 3. The molecule has 5 heteroatoms. The highest BCUT2D eigenvalue weighted by Crippen LogP contribution is 1.99. The first-order valence-electron chi connectivity index (χ1n) is 5.86. The van der Waals surface area contributed by atoms with Crippen LogP contribution in [0, 0.1) is 0 Å². The molecule has 1 N–H and O–H groups in total. The molecule has 2 rings (SSSR count). The zero-order chi connectivity index (χ0) is 12.1. The van der Waals surface area contributed by atoms with Crippen molar-refractivity contribution < 1.29 is 4.79 Å². The molecule has 0 bridgehead atoms. The molecule has 2 heterocycles. The Hall–Kier alpha value is -1.46. The van der Waals surface area contributed by atoms with E-state index in [0.29, 0.717) is 6.42 Å². The van der Waals surface area contributed by atoms with Crippen LogP contribution in [0.1, 0.15) is 5.56 Å². The third-order valence-electron chi connectivity index (χ3n) is 2.87. The van der Waals surface area contributed by atoms with Gasteiger partial charge in [0.2, 0.25) is 5.91 Å². The normalized spacial score (nSPS) is 17.9. The van der Waals surface area contributed by atoms with Crippen LogP contribution in [0.2, 0.25) is 0 Å². The molecule has 0 spiro atoms. The summed E-state index contributed by atoms with van der Waals surface area (Å²) in [6.07, 6.45) is 3.83. The standard InChI is InChI=1S/C12H18N4O/c1-15-5-7-16(8-6-15)14-12(17)9-11-3-2-4-13-10-11/h2-4,10H,5-9H2,1H3,(H,14,17). The molecule has 1 fully saturated rings. The van der Waals surface area contributed by atoms with E-state index in [1.165, 1.54) is 0 Å². The van der Waals surface area contributed by atoms with E-state index in [9.17, 15) is 4.79 Å². The van der Waals surface area contributed by atoms with Gasteiger partial charge >= 0.3 is 0 Å². The topological polar surface area (TPSA) is 48.5 Å². The lowest BCUT2D eigenvalue weighted by Gasteiger charge is -2.32. The van der Waals surface area contributed by atoms with Gasteiger partial charge in [-0.05, 0) is 18.7 Å². The molecule has 0 aromatic carbocycles. The molecule has 92 valence electrons. The molecular weight excluding hydrogens is 216 g/mol. The van der Waals surface area contributed by atoms with Crippen molar-refractivity contribution in [3.8, 4) is 0 Å². The van der Waals surface area contributed by atoms with Gasteiger partial charge in [-0.25, -0.2) is 5.01 Å². The minimum Gasteiger partial charge on any atom is -0.304 e. The van der Waals surface area contributed by atoms with Crippen LogP contribution in [0.3, 0.4) is 0 Å². The monoisotopic (exact) mass is 234 g/mol. The van der Waals surface area contributed by atoms with E-state index in [2.05, 4.69) is 22.4 Å². The SMILES string of the molecule is CN1CCN(NC(=O)Cc2cccnc2)CC1. The Kier molecular flexibility index (Phi) is 4.06. The molecule has 0 atom stereocenters. The number of nitrogens with zero attached hydrogens (tertiary/aromatic N) is 3. The van der Waals surface area contributed by atoms with Crippen molar-refractivity contribution in [1.29, 1.82) is 0 Å². The minimum atomic E-state index is 0.0301. The van der Waals surface area contributed by atoms with Crippen molar-refractivity contribution in [2.45, 2.75) is 6.42 Å². The Morgan fingerprint density at radius 1 is 1.41 bits per heavy atom. The summed E-state index contributed by atoms with van der Waals surface area (Å²) in [5, 5.41) is 1.98. The largest absolute Gasteiger partial charge is 0.304 e. The number of hydrogen-bond acceptors (Lipinski definition) is 4. The van der Waals surface area contributed by atoms with Crippen LogP contribution in [-0.2, 0) is 11.2 Å². The second-order valence-corrected chi connectivity index (χ2v) is 4.36. The molecular formula is C12H18N4O. The van der Waals surface area contributed by atoms with Gasteiger partial charge < -0.3 is 4.90 Å². The van der Waals surface area contributed by atoms with Crippen molar-refractivity contribution in [3.63, 3.8) is 0 Å². The third kappa shape index (κ3) is 3.80. The van der Waals surface area contributed by atoms with E-state index < -0.39 is 0 Å². The van der Waals surface area contributed by atoms with Crippen LogP contribution < -0.4 is 5.43 Å². The van der Waals surface area contributed by atoms with Crippen molar-refractivity contribution in [2.24, 2.45) is 0 Å². The molecule has 1 aromatic rings. The number of aromatic nitrogens is 1. The van der Waals surface area contributed by atoms with Crippen molar-refractivity contribution in [1.82, 2.24) is 20.3 Å². The predicted octanol–water partition coefficient (Wildman–Crippen LogP) is -0.0973. The molecule has 17 heavy (non-hydrogen) atoms. The van der Waals surface area contributed by atoms with E-state index in [-0.39, 0.29) is 5.91 Å². The summed E-state index contributed by atoms with van der Waals surface area (Å²) in [5.41, 5.74) is 3.87. The molecule has 1 amide bonds. The van der Waals surface area contributed by atoms with Crippen molar-refractivity contribution in [3.05, 3.63) is 30.1 Å². The number of amides is 1. The number of carbonyl (C=O) groups is 1. The lowest BCUT2D eigenvalue weighted by Crippen LogP contribution is -2.52. The highest BCUT2D eigenvalue weighted by molar-refractivity contribution is 5.77. The van der Waals surface area contributed by atoms with E-state index in [1.807, 2.05) is 17.1 Å². The van der Waals surface area contributed by atoms with Gasteiger partial charge in [0.25, 0.3) is 0 Å². The van der Waals surface area contributed by atoms with Gasteiger partial charge in [0.05, 0.1) is 6.42 Å². The maximum absolute atomic E-state index is 11.8. The van der Waals surface area contributed by atoms with E-state index in [1.54, 1.807) is 12.4 Å². The number of pyridine rings is 1. The second kappa shape index (κ2) is 5.75. The van der Waals surface area contributed by atoms with Gasteiger partial charge in [0, 0.05) is 38.6 Å². The fourth-order valence-corrected chi connectivity index (χ4v) is 1.82. The summed E-state index contributed by atoms with van der Waals surface area (Å²) < 4.78 is 0. The molecule has 0 radical (unpaired) electrons. The first-order chi connectivity index (χ1) is 8.24. The lowest BCUT2D eigenvalue weighted by molar-refractivity contribution is -0.126. The van der Waals surface area contributed by atoms with E-state index in [4.69, 9.17) is 0 Å². The number of piperazine rings is 1. The van der Waals surface area contributed by atoms with E-state index in [0.717, 1.165) is 31.7 Å². The van der Waals surface area contributed by atoms with Crippen LogP contribution in [0.25, 0.3) is 0 Å². The fraction of sp³-hybridized carbons (Fsp3) is 0.500. The number of nitrogens with one attached hydrogen (secondary N) is 1. The van der Waals surface area contributed by atoms with Gasteiger partial charge in [-0.2, -0.15) is 0 Å². The van der Waals surface area contributed by atoms with Crippen molar-refractivity contribution >= 4 is 5.91 Å². The zero-order valence-corrected chi connectivity index (χ0v) is 10.1. The van der Waals surface area contributed by atoms with Gasteiger partial charge in [0.1, 0.15) is 0 Å². The van der Waals surface area contributed by atoms with Crippen LogP contribution in [0.4, 0.5) is 0 Å². The number of likely N-dealkylation sites (N-methyl/N-ethyl adjacent to an activating group) is 1. The number of hydrogen-bond donors (Lipinski definition) is 1. The summed E-state index contributed by atoms with van der Waals surface area (Å²) >= 11 is 0. The highest BCUT2D eigenvalue weighted by atomic mass is 16.2. The predicted molar refractivity (Wildman–Crippen MR) is 65.2 cm³/mol. The third-order valence-corrected chi connectivity index (χ3v) is 2.87. The Morgan fingerprint density at radius 2 is 2.18 bits per heavy atom. The van der Waals surface area contributed by atoms with Gasteiger partial charge in [0.15, 0.2) is 0 Å².